The second kappa shape index (κ2) is 9.75. The summed E-state index contributed by atoms with van der Waals surface area (Å²) >= 11 is 6.78. The first-order valence-electron chi connectivity index (χ1n) is 11.2. The van der Waals surface area contributed by atoms with Crippen LogP contribution in [0.2, 0.25) is 0 Å². The Morgan fingerprint density at radius 3 is 2.52 bits per heavy atom. The normalized spacial score (nSPS) is 18.9. The maximum absolute atomic E-state index is 13.9. The minimum Gasteiger partial charge on any atom is -0.345 e. The molecule has 2 atom stereocenters. The summed E-state index contributed by atoms with van der Waals surface area (Å²) in [6.07, 6.45) is 2.38. The maximum atomic E-state index is 13.9. The van der Waals surface area contributed by atoms with Crippen molar-refractivity contribution in [2.24, 2.45) is 0 Å². The summed E-state index contributed by atoms with van der Waals surface area (Å²) in [4.78, 5) is 21.3. The van der Waals surface area contributed by atoms with Crippen molar-refractivity contribution < 1.29 is 4.79 Å². The Morgan fingerprint density at radius 1 is 1.03 bits per heavy atom. The molecule has 1 fully saturated rings. The topological polar surface area (TPSA) is 64.3 Å². The van der Waals surface area contributed by atoms with Crippen molar-refractivity contribution in [3.8, 4) is 0 Å². The van der Waals surface area contributed by atoms with Gasteiger partial charge in [0, 0.05) is 18.7 Å². The number of carbonyl (C=O) groups is 1. The molecular formula is C26H26ClN5O. The molecule has 0 bridgehead atoms. The molecule has 1 aromatic heterocycles. The Morgan fingerprint density at radius 2 is 1.76 bits per heavy atom. The highest BCUT2D eigenvalue weighted by atomic mass is 35.5. The molecule has 7 heteroatoms. The van der Waals surface area contributed by atoms with E-state index in [-0.39, 0.29) is 17.5 Å². The third kappa shape index (κ3) is 4.78. The molecule has 168 valence electrons. The summed E-state index contributed by atoms with van der Waals surface area (Å²) in [6, 6.07) is 25.9. The monoisotopic (exact) mass is 459 g/mol. The van der Waals surface area contributed by atoms with Crippen LogP contribution in [0, 0.1) is 0 Å². The first-order valence-corrected chi connectivity index (χ1v) is 11.6. The summed E-state index contributed by atoms with van der Waals surface area (Å²) in [5.41, 5.74) is 4.28. The molecule has 2 unspecified atom stereocenters. The van der Waals surface area contributed by atoms with Gasteiger partial charge in [-0.1, -0.05) is 60.7 Å². The number of H-pyrrole nitrogens is 1. The summed E-state index contributed by atoms with van der Waals surface area (Å²) in [5, 5.41) is 7.38. The largest absolute Gasteiger partial charge is 0.345 e. The maximum Gasteiger partial charge on any atom is 0.268 e. The number of nitrogens with one attached hydrogen (secondary N) is 2. The van der Waals surface area contributed by atoms with Crippen LogP contribution in [-0.2, 0) is 13.0 Å². The molecule has 1 aliphatic rings. The lowest BCUT2D eigenvalue weighted by Gasteiger charge is -2.45. The molecular weight excluding hydrogens is 434 g/mol. The van der Waals surface area contributed by atoms with E-state index < -0.39 is 0 Å². The van der Waals surface area contributed by atoms with E-state index in [0.717, 1.165) is 23.0 Å². The number of piperazine rings is 1. The fourth-order valence-electron chi connectivity index (χ4n) is 4.39. The predicted molar refractivity (Wildman–Crippen MR) is 131 cm³/mol. The zero-order chi connectivity index (χ0) is 22.6. The van der Waals surface area contributed by atoms with E-state index in [4.69, 9.17) is 11.6 Å². The molecule has 6 nitrogen and oxygen atoms in total. The quantitative estimate of drug-likeness (QED) is 0.335. The molecule has 2 heterocycles. The number of hydrazine groups is 1. The van der Waals surface area contributed by atoms with Gasteiger partial charge in [0.2, 0.25) is 0 Å². The highest BCUT2D eigenvalue weighted by Crippen LogP contribution is 2.24. The van der Waals surface area contributed by atoms with Crippen LogP contribution in [0.4, 0.5) is 0 Å². The molecule has 0 aliphatic carbocycles. The molecule has 1 aliphatic heterocycles. The van der Waals surface area contributed by atoms with Gasteiger partial charge in [-0.2, -0.15) is 0 Å². The van der Waals surface area contributed by atoms with Gasteiger partial charge in [0.1, 0.15) is 5.50 Å². The van der Waals surface area contributed by atoms with Crippen molar-refractivity contribution in [2.75, 3.05) is 13.1 Å². The van der Waals surface area contributed by atoms with E-state index in [1.165, 1.54) is 5.56 Å². The lowest BCUT2D eigenvalue weighted by molar-refractivity contribution is -0.0586. The number of halogens is 1. The van der Waals surface area contributed by atoms with Gasteiger partial charge in [0.15, 0.2) is 0 Å². The third-order valence-corrected chi connectivity index (χ3v) is 6.52. The number of nitrogens with zero attached hydrogens (tertiary/aromatic N) is 3. The van der Waals surface area contributed by atoms with Crippen LogP contribution in [0.15, 0.2) is 85.2 Å². The number of amides is 1. The summed E-state index contributed by atoms with van der Waals surface area (Å²) in [5.74, 6) is -0.0563. The molecule has 4 aromatic rings. The first kappa shape index (κ1) is 21.6. The van der Waals surface area contributed by atoms with Crippen molar-refractivity contribution in [1.29, 1.82) is 0 Å². The number of hydrogen-bond acceptors (Lipinski definition) is 4. The van der Waals surface area contributed by atoms with Crippen molar-refractivity contribution >= 4 is 28.5 Å². The molecule has 0 spiro atoms. The number of benzene rings is 3. The van der Waals surface area contributed by atoms with E-state index in [9.17, 15) is 4.79 Å². The Balaban J connectivity index is 1.50. The number of alkyl halides is 1. The Bertz CT molecular complexity index is 1210. The number of hydrogen-bond donors (Lipinski definition) is 2. The van der Waals surface area contributed by atoms with Crippen LogP contribution >= 0.6 is 11.6 Å². The van der Waals surface area contributed by atoms with E-state index in [1.807, 2.05) is 71.7 Å². The van der Waals surface area contributed by atoms with Crippen molar-refractivity contribution in [2.45, 2.75) is 24.5 Å². The average molecular weight is 460 g/mol. The van der Waals surface area contributed by atoms with Gasteiger partial charge in [-0.15, -0.1) is 11.6 Å². The summed E-state index contributed by atoms with van der Waals surface area (Å²) in [6.45, 7) is 1.86. The van der Waals surface area contributed by atoms with Gasteiger partial charge in [-0.05, 0) is 35.7 Å². The molecule has 5 rings (SSSR count). The Labute approximate surface area is 198 Å². The molecule has 1 amide bonds. The zero-order valence-corrected chi connectivity index (χ0v) is 18.9. The molecule has 2 N–H and O–H groups in total. The number of fused-ring (bicyclic) bond motifs is 1. The van der Waals surface area contributed by atoms with Gasteiger partial charge >= 0.3 is 0 Å². The van der Waals surface area contributed by atoms with E-state index in [2.05, 4.69) is 32.4 Å². The number of aromatic nitrogens is 2. The Hall–Kier alpha value is -3.19. The standard InChI is InChI=1S/C26H26ClN5O/c27-25-24(15-19-7-3-1-4-8-19)31(14-13-28-25)32(17-20-9-5-2-6-10-20)26(33)21-11-12-22-23(16-21)30-18-29-22/h1-12,16,18,24-25,28H,13-15,17H2,(H,29,30). The SMILES string of the molecule is O=C(c1ccc2nc[nH]c2c1)N(Cc1ccccc1)N1CCNC(Cl)C1Cc1ccccc1. The van der Waals surface area contributed by atoms with Crippen molar-refractivity contribution in [3.05, 3.63) is 102 Å². The van der Waals surface area contributed by atoms with Crippen molar-refractivity contribution in [3.63, 3.8) is 0 Å². The molecule has 0 saturated carbocycles. The number of aromatic amines is 1. The second-order valence-electron chi connectivity index (χ2n) is 8.26. The first-order chi connectivity index (χ1) is 16.2. The number of imidazole rings is 1. The van der Waals surface area contributed by atoms with E-state index in [0.29, 0.717) is 25.2 Å². The number of carbonyl (C=O) groups excluding carboxylic acids is 1. The van der Waals surface area contributed by atoms with Gasteiger partial charge in [0.25, 0.3) is 5.91 Å². The lowest BCUT2D eigenvalue weighted by Crippen LogP contribution is -2.63. The van der Waals surface area contributed by atoms with Crippen molar-refractivity contribution in [1.82, 2.24) is 25.3 Å². The third-order valence-electron chi connectivity index (χ3n) is 6.08. The highest BCUT2D eigenvalue weighted by molar-refractivity contribution is 6.20. The van der Waals surface area contributed by atoms with Crippen LogP contribution in [0.3, 0.4) is 0 Å². The smallest absolute Gasteiger partial charge is 0.268 e. The van der Waals surface area contributed by atoms with Crippen LogP contribution in [0.1, 0.15) is 21.5 Å². The van der Waals surface area contributed by atoms with Gasteiger partial charge < -0.3 is 4.98 Å². The van der Waals surface area contributed by atoms with Crippen LogP contribution < -0.4 is 5.32 Å². The van der Waals surface area contributed by atoms with Gasteiger partial charge in [0.05, 0.1) is 29.9 Å². The number of rotatable bonds is 6. The molecule has 0 radical (unpaired) electrons. The van der Waals surface area contributed by atoms with E-state index >= 15 is 0 Å². The molecule has 1 saturated heterocycles. The average Bonchev–Trinajstić information content (AvgIpc) is 3.33. The predicted octanol–water partition coefficient (Wildman–Crippen LogP) is 4.20. The summed E-state index contributed by atoms with van der Waals surface area (Å²) in [7, 11) is 0. The molecule has 3 aromatic carbocycles. The second-order valence-corrected chi connectivity index (χ2v) is 8.73. The van der Waals surface area contributed by atoms with Gasteiger partial charge in [-0.3, -0.25) is 15.1 Å². The lowest BCUT2D eigenvalue weighted by atomic mass is 10.0. The minimum atomic E-state index is -0.278. The fraction of sp³-hybridized carbons (Fsp3) is 0.231. The Kier molecular flexibility index (Phi) is 6.39. The van der Waals surface area contributed by atoms with E-state index in [1.54, 1.807) is 6.33 Å². The van der Waals surface area contributed by atoms with Gasteiger partial charge in [-0.25, -0.2) is 9.99 Å². The molecule has 33 heavy (non-hydrogen) atoms. The van der Waals surface area contributed by atoms with Crippen LogP contribution in [0.25, 0.3) is 11.0 Å². The zero-order valence-electron chi connectivity index (χ0n) is 18.2. The summed E-state index contributed by atoms with van der Waals surface area (Å²) < 4.78 is 0. The fourth-order valence-corrected chi connectivity index (χ4v) is 4.72. The van der Waals surface area contributed by atoms with Crippen LogP contribution in [0.5, 0.6) is 0 Å². The van der Waals surface area contributed by atoms with Crippen LogP contribution in [-0.4, -0.2) is 50.5 Å². The minimum absolute atomic E-state index is 0.0563. The highest BCUT2D eigenvalue weighted by Gasteiger charge is 2.36.